The Morgan fingerprint density at radius 1 is 1.00 bits per heavy atom. The molecule has 5 nitrogen and oxygen atoms in total. The molecule has 0 bridgehead atoms. The van der Waals surface area contributed by atoms with E-state index in [1.807, 2.05) is 19.2 Å². The van der Waals surface area contributed by atoms with Crippen LogP contribution in [0.5, 0.6) is 0 Å². The van der Waals surface area contributed by atoms with Crippen LogP contribution >= 0.6 is 0 Å². The molecule has 5 heteroatoms. The van der Waals surface area contributed by atoms with Crippen LogP contribution < -0.4 is 0 Å². The van der Waals surface area contributed by atoms with Gasteiger partial charge in [0.25, 0.3) is 0 Å². The zero-order valence-electron chi connectivity index (χ0n) is 15.5. The summed E-state index contributed by atoms with van der Waals surface area (Å²) in [4.78, 5) is 15.8. The van der Waals surface area contributed by atoms with Gasteiger partial charge in [0.05, 0.1) is 0 Å². The van der Waals surface area contributed by atoms with Gasteiger partial charge in [-0.05, 0) is 51.5 Å². The molecule has 3 heterocycles. The van der Waals surface area contributed by atoms with Gasteiger partial charge in [0.15, 0.2) is 5.82 Å². The molecule has 2 aromatic heterocycles. The van der Waals surface area contributed by atoms with E-state index in [1.54, 1.807) is 6.20 Å². The van der Waals surface area contributed by atoms with Crippen molar-refractivity contribution in [2.24, 2.45) is 0 Å². The molecule has 0 N–H and O–H groups in total. The number of nitrogens with zero attached hydrogens (tertiary/aromatic N) is 5. The van der Waals surface area contributed by atoms with E-state index in [-0.39, 0.29) is 5.41 Å². The predicted molar refractivity (Wildman–Crippen MR) is 103 cm³/mol. The highest BCUT2D eigenvalue weighted by Crippen LogP contribution is 2.37. The quantitative estimate of drug-likeness (QED) is 0.726. The lowest BCUT2D eigenvalue weighted by atomic mass is 9.72. The summed E-state index contributed by atoms with van der Waals surface area (Å²) in [6, 6.07) is 12.9. The molecular weight excluding hydrogens is 322 g/mol. The monoisotopic (exact) mass is 347 g/mol. The van der Waals surface area contributed by atoms with Crippen molar-refractivity contribution in [3.05, 3.63) is 66.4 Å². The van der Waals surface area contributed by atoms with Crippen molar-refractivity contribution in [1.29, 1.82) is 0 Å². The second-order valence-electron chi connectivity index (χ2n) is 7.32. The number of likely N-dealkylation sites (tertiary alicyclic amines) is 1. The maximum absolute atomic E-state index is 4.60. The Labute approximate surface area is 154 Å². The number of aryl methyl sites for hydroxylation is 1. The van der Waals surface area contributed by atoms with Gasteiger partial charge < -0.3 is 9.47 Å². The normalized spacial score (nSPS) is 17.3. The van der Waals surface area contributed by atoms with E-state index in [0.717, 1.165) is 49.8 Å². The van der Waals surface area contributed by atoms with E-state index >= 15 is 0 Å². The van der Waals surface area contributed by atoms with Crippen molar-refractivity contribution < 1.29 is 0 Å². The summed E-state index contributed by atoms with van der Waals surface area (Å²) in [6.45, 7) is 5.07. The van der Waals surface area contributed by atoms with Gasteiger partial charge in [-0.3, -0.25) is 0 Å². The molecule has 1 aliphatic rings. The lowest BCUT2D eigenvalue weighted by Crippen LogP contribution is -2.43. The van der Waals surface area contributed by atoms with Crippen LogP contribution in [-0.2, 0) is 12.0 Å². The Kier molecular flexibility index (Phi) is 4.55. The van der Waals surface area contributed by atoms with E-state index in [2.05, 4.69) is 68.0 Å². The fourth-order valence-corrected chi connectivity index (χ4v) is 3.95. The topological polar surface area (TPSA) is 46.8 Å². The summed E-state index contributed by atoms with van der Waals surface area (Å²) in [7, 11) is 2.21. The number of piperidine rings is 1. The Morgan fingerprint density at radius 2 is 1.77 bits per heavy atom. The zero-order chi connectivity index (χ0) is 18.0. The van der Waals surface area contributed by atoms with E-state index < -0.39 is 0 Å². The van der Waals surface area contributed by atoms with Gasteiger partial charge in [-0.2, -0.15) is 0 Å². The SMILES string of the molecule is Cc1nccc(-c2nccn2CC2(c3ccccc3)CCN(C)CC2)n1. The lowest BCUT2D eigenvalue weighted by molar-refractivity contribution is 0.170. The van der Waals surface area contributed by atoms with Gasteiger partial charge in [0.2, 0.25) is 0 Å². The molecule has 0 amide bonds. The van der Waals surface area contributed by atoms with Crippen LogP contribution in [0.4, 0.5) is 0 Å². The summed E-state index contributed by atoms with van der Waals surface area (Å²) < 4.78 is 2.26. The van der Waals surface area contributed by atoms with Crippen molar-refractivity contribution in [1.82, 2.24) is 24.4 Å². The summed E-state index contributed by atoms with van der Waals surface area (Å²) in [5.74, 6) is 1.69. The summed E-state index contributed by atoms with van der Waals surface area (Å²) in [5, 5.41) is 0. The van der Waals surface area contributed by atoms with Crippen molar-refractivity contribution in [3.8, 4) is 11.5 Å². The minimum atomic E-state index is 0.130. The molecule has 0 unspecified atom stereocenters. The van der Waals surface area contributed by atoms with Gasteiger partial charge in [0.1, 0.15) is 11.5 Å². The standard InChI is InChI=1S/C21H25N5/c1-17-22-11-8-19(24-17)20-23-12-15-26(20)16-21(9-13-25(2)14-10-21)18-6-4-3-5-7-18/h3-8,11-12,15H,9-10,13-14,16H2,1-2H3. The summed E-state index contributed by atoms with van der Waals surface area (Å²) >= 11 is 0. The molecule has 0 radical (unpaired) electrons. The second-order valence-corrected chi connectivity index (χ2v) is 7.32. The molecule has 26 heavy (non-hydrogen) atoms. The Morgan fingerprint density at radius 3 is 2.50 bits per heavy atom. The molecule has 4 rings (SSSR count). The first-order valence-corrected chi connectivity index (χ1v) is 9.22. The summed E-state index contributed by atoms with van der Waals surface area (Å²) in [6.07, 6.45) is 8.05. The van der Waals surface area contributed by atoms with E-state index in [4.69, 9.17) is 0 Å². The van der Waals surface area contributed by atoms with Crippen LogP contribution in [0.2, 0.25) is 0 Å². The van der Waals surface area contributed by atoms with Crippen LogP contribution in [-0.4, -0.2) is 44.6 Å². The third-order valence-electron chi connectivity index (χ3n) is 5.52. The predicted octanol–water partition coefficient (Wildman–Crippen LogP) is 3.31. The van der Waals surface area contributed by atoms with Crippen LogP contribution in [0.15, 0.2) is 55.0 Å². The highest BCUT2D eigenvalue weighted by Gasteiger charge is 2.36. The Bertz CT molecular complexity index is 863. The molecule has 1 aromatic carbocycles. The number of imidazole rings is 1. The number of hydrogen-bond acceptors (Lipinski definition) is 4. The number of benzene rings is 1. The molecule has 134 valence electrons. The molecule has 0 saturated carbocycles. The van der Waals surface area contributed by atoms with Crippen molar-refractivity contribution in [2.45, 2.75) is 31.7 Å². The van der Waals surface area contributed by atoms with Crippen LogP contribution in [0.25, 0.3) is 11.5 Å². The first-order valence-electron chi connectivity index (χ1n) is 9.22. The highest BCUT2D eigenvalue weighted by molar-refractivity contribution is 5.49. The number of hydrogen-bond donors (Lipinski definition) is 0. The minimum absolute atomic E-state index is 0.130. The van der Waals surface area contributed by atoms with E-state index in [9.17, 15) is 0 Å². The largest absolute Gasteiger partial charge is 0.329 e. The molecule has 0 atom stereocenters. The smallest absolute Gasteiger partial charge is 0.158 e. The maximum atomic E-state index is 4.60. The first-order chi connectivity index (χ1) is 12.7. The third kappa shape index (κ3) is 3.27. The number of rotatable bonds is 4. The van der Waals surface area contributed by atoms with Gasteiger partial charge in [-0.1, -0.05) is 30.3 Å². The van der Waals surface area contributed by atoms with Gasteiger partial charge in [0, 0.05) is 30.6 Å². The minimum Gasteiger partial charge on any atom is -0.329 e. The third-order valence-corrected chi connectivity index (χ3v) is 5.52. The molecule has 1 saturated heterocycles. The molecule has 3 aromatic rings. The molecule has 0 aliphatic carbocycles. The van der Waals surface area contributed by atoms with Crippen molar-refractivity contribution >= 4 is 0 Å². The van der Waals surface area contributed by atoms with Gasteiger partial charge >= 0.3 is 0 Å². The highest BCUT2D eigenvalue weighted by atomic mass is 15.1. The number of aromatic nitrogens is 4. The molecular formula is C21H25N5. The Balaban J connectivity index is 1.71. The molecule has 1 aliphatic heterocycles. The van der Waals surface area contributed by atoms with Crippen LogP contribution in [0, 0.1) is 6.92 Å². The Hall–Kier alpha value is -2.53. The lowest BCUT2D eigenvalue weighted by Gasteiger charge is -2.41. The molecule has 0 spiro atoms. The maximum Gasteiger partial charge on any atom is 0.158 e. The fourth-order valence-electron chi connectivity index (χ4n) is 3.95. The first kappa shape index (κ1) is 16.9. The summed E-state index contributed by atoms with van der Waals surface area (Å²) in [5.41, 5.74) is 2.44. The van der Waals surface area contributed by atoms with Crippen molar-refractivity contribution in [2.75, 3.05) is 20.1 Å². The average Bonchev–Trinajstić information content (AvgIpc) is 3.12. The van der Waals surface area contributed by atoms with Crippen LogP contribution in [0.3, 0.4) is 0 Å². The average molecular weight is 347 g/mol. The van der Waals surface area contributed by atoms with Gasteiger partial charge in [-0.25, -0.2) is 15.0 Å². The molecule has 1 fully saturated rings. The second kappa shape index (κ2) is 7.00. The van der Waals surface area contributed by atoms with E-state index in [1.165, 1.54) is 5.56 Å². The van der Waals surface area contributed by atoms with Gasteiger partial charge in [-0.15, -0.1) is 0 Å². The fraction of sp³-hybridized carbons (Fsp3) is 0.381. The van der Waals surface area contributed by atoms with Crippen molar-refractivity contribution in [3.63, 3.8) is 0 Å². The van der Waals surface area contributed by atoms with Crippen LogP contribution in [0.1, 0.15) is 24.2 Å². The zero-order valence-corrected chi connectivity index (χ0v) is 15.5. The van der Waals surface area contributed by atoms with E-state index in [0.29, 0.717) is 0 Å².